The molecule has 0 atom stereocenters. The Morgan fingerprint density at radius 1 is 1.33 bits per heavy atom. The molecule has 3 N–H and O–H groups in total. The second-order valence-electron chi connectivity index (χ2n) is 5.01. The molecule has 116 valence electrons. The predicted octanol–water partition coefficient (Wildman–Crippen LogP) is 1.39. The zero-order chi connectivity index (χ0) is 15.1. The van der Waals surface area contributed by atoms with Crippen LogP contribution in [0.2, 0.25) is 0 Å². The van der Waals surface area contributed by atoms with E-state index < -0.39 is 0 Å². The van der Waals surface area contributed by atoms with Crippen LogP contribution in [-0.2, 0) is 4.79 Å². The third kappa shape index (κ3) is 4.77. The van der Waals surface area contributed by atoms with Crippen LogP contribution in [0.15, 0.2) is 6.33 Å². The molecule has 7 heteroatoms. The van der Waals surface area contributed by atoms with Gasteiger partial charge in [-0.25, -0.2) is 9.97 Å². The molecule has 21 heavy (non-hydrogen) atoms. The van der Waals surface area contributed by atoms with Gasteiger partial charge in [0, 0.05) is 25.6 Å². The van der Waals surface area contributed by atoms with Crippen LogP contribution in [0.25, 0.3) is 0 Å². The Bertz CT molecular complexity index is 476. The lowest BCUT2D eigenvalue weighted by Gasteiger charge is -2.13. The van der Waals surface area contributed by atoms with Gasteiger partial charge in [-0.3, -0.25) is 4.79 Å². The second-order valence-corrected chi connectivity index (χ2v) is 5.01. The first kappa shape index (κ1) is 15.3. The predicted molar refractivity (Wildman–Crippen MR) is 81.6 cm³/mol. The molecule has 1 aliphatic carbocycles. The number of rotatable bonds is 9. The summed E-state index contributed by atoms with van der Waals surface area (Å²) in [5, 5.41) is 9.29. The SMILES string of the molecule is CCNc1ncnc(NCCCC(=O)NC2CC2)c1OC. The lowest BCUT2D eigenvalue weighted by Crippen LogP contribution is -2.25. The van der Waals surface area contributed by atoms with Gasteiger partial charge >= 0.3 is 0 Å². The molecule has 1 aromatic heterocycles. The number of hydrogen-bond acceptors (Lipinski definition) is 6. The van der Waals surface area contributed by atoms with Crippen LogP contribution in [0.4, 0.5) is 11.6 Å². The van der Waals surface area contributed by atoms with Crippen molar-refractivity contribution in [1.82, 2.24) is 15.3 Å². The molecule has 2 rings (SSSR count). The van der Waals surface area contributed by atoms with Crippen molar-refractivity contribution in [3.63, 3.8) is 0 Å². The number of nitrogens with zero attached hydrogens (tertiary/aromatic N) is 2. The molecule has 0 radical (unpaired) electrons. The van der Waals surface area contributed by atoms with Gasteiger partial charge in [-0.15, -0.1) is 0 Å². The van der Waals surface area contributed by atoms with E-state index in [0.29, 0.717) is 36.4 Å². The summed E-state index contributed by atoms with van der Waals surface area (Å²) in [6, 6.07) is 0.426. The maximum atomic E-state index is 11.6. The molecule has 0 unspecified atom stereocenters. The molecular formula is C14H23N5O2. The summed E-state index contributed by atoms with van der Waals surface area (Å²) >= 11 is 0. The van der Waals surface area contributed by atoms with Crippen molar-refractivity contribution in [1.29, 1.82) is 0 Å². The molecule has 1 heterocycles. The zero-order valence-electron chi connectivity index (χ0n) is 12.6. The highest BCUT2D eigenvalue weighted by atomic mass is 16.5. The third-order valence-corrected chi connectivity index (χ3v) is 3.17. The van der Waals surface area contributed by atoms with Gasteiger partial charge in [0.1, 0.15) is 6.33 Å². The van der Waals surface area contributed by atoms with E-state index in [4.69, 9.17) is 4.74 Å². The molecule has 0 bridgehead atoms. The minimum absolute atomic E-state index is 0.127. The van der Waals surface area contributed by atoms with E-state index in [1.165, 1.54) is 6.33 Å². The molecule has 7 nitrogen and oxygen atoms in total. The van der Waals surface area contributed by atoms with E-state index in [9.17, 15) is 4.79 Å². The highest BCUT2D eigenvalue weighted by Gasteiger charge is 2.22. The molecule has 1 amide bonds. The van der Waals surface area contributed by atoms with Gasteiger partial charge in [-0.2, -0.15) is 0 Å². The normalized spacial score (nSPS) is 13.6. The quantitative estimate of drug-likeness (QED) is 0.596. The maximum absolute atomic E-state index is 11.6. The molecule has 1 fully saturated rings. The number of carbonyl (C=O) groups is 1. The average molecular weight is 293 g/mol. The van der Waals surface area contributed by atoms with Crippen LogP contribution in [0, 0.1) is 0 Å². The Hall–Kier alpha value is -2.05. The van der Waals surface area contributed by atoms with Crippen molar-refractivity contribution in [2.24, 2.45) is 0 Å². The number of aromatic nitrogens is 2. The minimum atomic E-state index is 0.127. The fraction of sp³-hybridized carbons (Fsp3) is 0.643. The zero-order valence-corrected chi connectivity index (χ0v) is 12.6. The van der Waals surface area contributed by atoms with E-state index in [2.05, 4.69) is 25.9 Å². The largest absolute Gasteiger partial charge is 0.490 e. The van der Waals surface area contributed by atoms with Crippen LogP contribution in [0.1, 0.15) is 32.6 Å². The number of ether oxygens (including phenoxy) is 1. The van der Waals surface area contributed by atoms with E-state index in [0.717, 1.165) is 25.8 Å². The Balaban J connectivity index is 1.78. The van der Waals surface area contributed by atoms with Crippen LogP contribution in [-0.4, -0.2) is 42.1 Å². The van der Waals surface area contributed by atoms with Crippen LogP contribution in [0.3, 0.4) is 0 Å². The summed E-state index contributed by atoms with van der Waals surface area (Å²) in [6.07, 6.45) is 5.01. The highest BCUT2D eigenvalue weighted by molar-refractivity contribution is 5.76. The van der Waals surface area contributed by atoms with Crippen molar-refractivity contribution in [2.45, 2.75) is 38.6 Å². The molecule has 1 saturated carbocycles. The summed E-state index contributed by atoms with van der Waals surface area (Å²) in [5.74, 6) is 2.04. The fourth-order valence-electron chi connectivity index (χ4n) is 1.97. The lowest BCUT2D eigenvalue weighted by molar-refractivity contribution is -0.121. The lowest BCUT2D eigenvalue weighted by atomic mass is 10.3. The van der Waals surface area contributed by atoms with Gasteiger partial charge < -0.3 is 20.7 Å². The van der Waals surface area contributed by atoms with E-state index in [-0.39, 0.29) is 5.91 Å². The Morgan fingerprint density at radius 3 is 2.67 bits per heavy atom. The number of hydrogen-bond donors (Lipinski definition) is 3. The Morgan fingerprint density at radius 2 is 2.05 bits per heavy atom. The highest BCUT2D eigenvalue weighted by Crippen LogP contribution is 2.28. The van der Waals surface area contributed by atoms with Crippen molar-refractivity contribution in [3.05, 3.63) is 6.33 Å². The number of anilines is 2. The van der Waals surface area contributed by atoms with Crippen molar-refractivity contribution in [3.8, 4) is 5.75 Å². The molecule has 0 spiro atoms. The molecular weight excluding hydrogens is 270 g/mol. The average Bonchev–Trinajstić information content (AvgIpc) is 3.28. The first-order chi connectivity index (χ1) is 10.2. The van der Waals surface area contributed by atoms with Crippen LogP contribution >= 0.6 is 0 Å². The van der Waals surface area contributed by atoms with Crippen LogP contribution < -0.4 is 20.7 Å². The summed E-state index contributed by atoms with van der Waals surface area (Å²) in [7, 11) is 1.59. The van der Waals surface area contributed by atoms with E-state index in [1.807, 2.05) is 6.92 Å². The molecule has 0 saturated heterocycles. The number of methoxy groups -OCH3 is 1. The van der Waals surface area contributed by atoms with E-state index in [1.54, 1.807) is 7.11 Å². The number of amides is 1. The number of nitrogens with one attached hydrogen (secondary N) is 3. The second kappa shape index (κ2) is 7.66. The third-order valence-electron chi connectivity index (χ3n) is 3.17. The first-order valence-electron chi connectivity index (χ1n) is 7.40. The standard InChI is InChI=1S/C14H23N5O2/c1-3-15-13-12(21-2)14(18-9-17-13)16-8-4-5-11(20)19-10-6-7-10/h9-10H,3-8H2,1-2H3,(H,19,20)(H2,15,16,17,18). The molecule has 1 aliphatic rings. The van der Waals surface area contributed by atoms with Crippen LogP contribution in [0.5, 0.6) is 5.75 Å². The van der Waals surface area contributed by atoms with Gasteiger partial charge in [0.25, 0.3) is 0 Å². The van der Waals surface area contributed by atoms with Gasteiger partial charge in [0.05, 0.1) is 7.11 Å². The minimum Gasteiger partial charge on any atom is -0.490 e. The summed E-state index contributed by atoms with van der Waals surface area (Å²) in [4.78, 5) is 19.9. The fourth-order valence-corrected chi connectivity index (χ4v) is 1.97. The molecule has 1 aromatic rings. The molecule has 0 aromatic carbocycles. The van der Waals surface area contributed by atoms with Crippen molar-refractivity contribution < 1.29 is 9.53 Å². The summed E-state index contributed by atoms with van der Waals surface area (Å²) in [5.41, 5.74) is 0. The molecule has 0 aliphatic heterocycles. The van der Waals surface area contributed by atoms with Gasteiger partial charge in [-0.05, 0) is 26.2 Å². The van der Waals surface area contributed by atoms with E-state index >= 15 is 0 Å². The number of carbonyl (C=O) groups excluding carboxylic acids is 1. The summed E-state index contributed by atoms with van der Waals surface area (Å²) in [6.45, 7) is 3.41. The summed E-state index contributed by atoms with van der Waals surface area (Å²) < 4.78 is 5.34. The van der Waals surface area contributed by atoms with Crippen molar-refractivity contribution in [2.75, 3.05) is 30.8 Å². The van der Waals surface area contributed by atoms with Gasteiger partial charge in [0.2, 0.25) is 11.7 Å². The maximum Gasteiger partial charge on any atom is 0.220 e. The Labute approximate surface area is 124 Å². The van der Waals surface area contributed by atoms with Gasteiger partial charge in [0.15, 0.2) is 11.6 Å². The topological polar surface area (TPSA) is 88.2 Å². The monoisotopic (exact) mass is 293 g/mol. The van der Waals surface area contributed by atoms with Gasteiger partial charge in [-0.1, -0.05) is 0 Å². The first-order valence-corrected chi connectivity index (χ1v) is 7.40. The van der Waals surface area contributed by atoms with Crippen molar-refractivity contribution >= 4 is 17.5 Å². The smallest absolute Gasteiger partial charge is 0.220 e. The Kier molecular flexibility index (Phi) is 5.59.